The molecular weight excluding hydrogens is 168 g/mol. The monoisotopic (exact) mass is 192 g/mol. The Kier molecular flexibility index (Phi) is 2.94. The molecule has 0 N–H and O–H groups in total. The lowest BCUT2D eigenvalue weighted by Crippen LogP contribution is -2.35. The summed E-state index contributed by atoms with van der Waals surface area (Å²) in [6, 6.07) is 0. The van der Waals surface area contributed by atoms with E-state index in [0.29, 0.717) is 11.3 Å². The van der Waals surface area contributed by atoms with E-state index < -0.39 is 0 Å². The minimum atomic E-state index is 0.203. The minimum Gasteiger partial charge on any atom is -0.102 e. The first-order valence-electron chi connectivity index (χ1n) is 5.64. The Morgan fingerprint density at radius 2 is 1.93 bits per heavy atom. The molecule has 0 aromatic carbocycles. The Bertz CT molecular complexity index is 245. The maximum absolute atomic E-state index is 3.94. The van der Waals surface area contributed by atoms with Crippen molar-refractivity contribution in [1.29, 1.82) is 0 Å². The lowest BCUT2D eigenvalue weighted by molar-refractivity contribution is 0.135. The molecule has 0 nitrogen and oxygen atoms in total. The van der Waals surface area contributed by atoms with E-state index in [9.17, 15) is 0 Å². The van der Waals surface area contributed by atoms with Crippen LogP contribution in [0.5, 0.6) is 0 Å². The van der Waals surface area contributed by atoms with E-state index in [0.717, 1.165) is 5.92 Å². The first-order valence-corrected chi connectivity index (χ1v) is 5.64. The normalized spacial score (nSPS) is 36.0. The van der Waals surface area contributed by atoms with Crippen molar-refractivity contribution in [1.82, 2.24) is 0 Å². The second kappa shape index (κ2) is 3.56. The van der Waals surface area contributed by atoms with E-state index in [1.807, 2.05) is 0 Å². The van der Waals surface area contributed by atoms with Gasteiger partial charge < -0.3 is 0 Å². The predicted molar refractivity (Wildman–Crippen MR) is 64.2 cm³/mol. The van der Waals surface area contributed by atoms with Gasteiger partial charge in [-0.05, 0) is 23.7 Å². The van der Waals surface area contributed by atoms with Gasteiger partial charge in [0.25, 0.3) is 0 Å². The Balaban J connectivity index is 2.97. The van der Waals surface area contributed by atoms with Gasteiger partial charge in [0.1, 0.15) is 0 Å². The smallest absolute Gasteiger partial charge is 0.00354 e. The van der Waals surface area contributed by atoms with E-state index in [2.05, 4.69) is 59.4 Å². The topological polar surface area (TPSA) is 0 Å². The van der Waals surface area contributed by atoms with Crippen molar-refractivity contribution in [3.05, 3.63) is 24.8 Å². The van der Waals surface area contributed by atoms with Gasteiger partial charge in [-0.15, -0.1) is 6.58 Å². The van der Waals surface area contributed by atoms with Crippen LogP contribution in [0.4, 0.5) is 0 Å². The summed E-state index contributed by atoms with van der Waals surface area (Å²) in [5.41, 5.74) is 0.598. The number of hydrogen-bond acceptors (Lipinski definition) is 0. The first-order chi connectivity index (χ1) is 6.31. The minimum absolute atomic E-state index is 0.203. The molecule has 0 fully saturated rings. The van der Waals surface area contributed by atoms with Gasteiger partial charge in [-0.3, -0.25) is 0 Å². The van der Waals surface area contributed by atoms with Crippen LogP contribution >= 0.6 is 0 Å². The summed E-state index contributed by atoms with van der Waals surface area (Å²) in [5, 5.41) is 0. The highest BCUT2D eigenvalue weighted by molar-refractivity contribution is 5.16. The van der Waals surface area contributed by atoms with Gasteiger partial charge in [0.05, 0.1) is 0 Å². The van der Waals surface area contributed by atoms with Crippen LogP contribution in [0.25, 0.3) is 0 Å². The molecule has 14 heavy (non-hydrogen) atoms. The molecule has 0 heteroatoms. The van der Waals surface area contributed by atoms with E-state index in [1.165, 1.54) is 6.42 Å². The van der Waals surface area contributed by atoms with Crippen molar-refractivity contribution in [3.63, 3.8) is 0 Å². The summed E-state index contributed by atoms with van der Waals surface area (Å²) in [5.74, 6) is 1.44. The largest absolute Gasteiger partial charge is 0.102 e. The molecule has 0 aromatic heterocycles. The van der Waals surface area contributed by atoms with Crippen molar-refractivity contribution in [3.8, 4) is 0 Å². The second-order valence-electron chi connectivity index (χ2n) is 6.00. The molecule has 0 heterocycles. The quantitative estimate of drug-likeness (QED) is 0.567. The summed E-state index contributed by atoms with van der Waals surface area (Å²) < 4.78 is 0. The van der Waals surface area contributed by atoms with Gasteiger partial charge in [-0.25, -0.2) is 0 Å². The summed E-state index contributed by atoms with van der Waals surface area (Å²) >= 11 is 0. The second-order valence-corrected chi connectivity index (χ2v) is 6.00. The molecule has 0 bridgehead atoms. The Labute approximate surface area is 89.1 Å². The van der Waals surface area contributed by atoms with Crippen LogP contribution in [0, 0.1) is 22.7 Å². The van der Waals surface area contributed by atoms with Crippen LogP contribution < -0.4 is 0 Å². The molecule has 1 rings (SSSR count). The zero-order valence-electron chi connectivity index (χ0n) is 10.3. The van der Waals surface area contributed by atoms with Gasteiger partial charge in [-0.1, -0.05) is 52.8 Å². The van der Waals surface area contributed by atoms with Gasteiger partial charge in [-0.2, -0.15) is 0 Å². The fraction of sp³-hybridized carbons (Fsp3) is 0.714. The van der Waals surface area contributed by atoms with Crippen molar-refractivity contribution in [2.45, 2.75) is 41.0 Å². The van der Waals surface area contributed by atoms with Crippen LogP contribution in [-0.4, -0.2) is 0 Å². The highest BCUT2D eigenvalue weighted by Gasteiger charge is 2.38. The standard InChI is InChI=1S/C14H24/c1-7-14(6)9-8-12(11(2)3)13(4,5)10-14/h7-9,11-12H,1,10H2,2-6H3/t12?,14-/m1/s1. The number of hydrogen-bond donors (Lipinski definition) is 0. The summed E-state index contributed by atoms with van der Waals surface area (Å²) in [6.45, 7) is 15.6. The molecule has 0 saturated heterocycles. The molecule has 1 aliphatic carbocycles. The van der Waals surface area contributed by atoms with Gasteiger partial charge >= 0.3 is 0 Å². The molecule has 0 spiro atoms. The van der Waals surface area contributed by atoms with Crippen LogP contribution in [0.15, 0.2) is 24.8 Å². The summed E-state index contributed by atoms with van der Waals surface area (Å²) in [4.78, 5) is 0. The fourth-order valence-electron chi connectivity index (χ4n) is 3.01. The lowest BCUT2D eigenvalue weighted by atomic mass is 9.60. The van der Waals surface area contributed by atoms with Crippen molar-refractivity contribution < 1.29 is 0 Å². The van der Waals surface area contributed by atoms with Crippen molar-refractivity contribution in [2.75, 3.05) is 0 Å². The average Bonchev–Trinajstić information content (AvgIpc) is 2.01. The Hall–Kier alpha value is -0.520. The third kappa shape index (κ3) is 2.10. The van der Waals surface area contributed by atoms with Crippen LogP contribution in [0.1, 0.15) is 41.0 Å². The maximum atomic E-state index is 3.94. The van der Waals surface area contributed by atoms with Gasteiger partial charge in [0, 0.05) is 5.41 Å². The lowest BCUT2D eigenvalue weighted by Gasteiger charge is -2.44. The van der Waals surface area contributed by atoms with E-state index in [-0.39, 0.29) is 5.41 Å². The Morgan fingerprint density at radius 3 is 2.29 bits per heavy atom. The van der Waals surface area contributed by atoms with E-state index in [1.54, 1.807) is 0 Å². The van der Waals surface area contributed by atoms with Crippen molar-refractivity contribution in [2.24, 2.45) is 22.7 Å². The van der Waals surface area contributed by atoms with Gasteiger partial charge in [0.2, 0.25) is 0 Å². The third-order valence-electron chi connectivity index (χ3n) is 3.61. The molecule has 1 aliphatic rings. The molecule has 80 valence electrons. The number of allylic oxidation sites excluding steroid dienone is 3. The molecule has 2 atom stereocenters. The summed E-state index contributed by atoms with van der Waals surface area (Å²) in [7, 11) is 0. The zero-order chi connectivity index (χ0) is 11.0. The molecule has 0 aromatic rings. The average molecular weight is 192 g/mol. The highest BCUT2D eigenvalue weighted by atomic mass is 14.4. The van der Waals surface area contributed by atoms with Crippen LogP contribution in [0.2, 0.25) is 0 Å². The molecule has 0 radical (unpaired) electrons. The molecule has 0 saturated carbocycles. The third-order valence-corrected chi connectivity index (χ3v) is 3.61. The van der Waals surface area contributed by atoms with Crippen molar-refractivity contribution >= 4 is 0 Å². The maximum Gasteiger partial charge on any atom is 0.00354 e. The van der Waals surface area contributed by atoms with Crippen LogP contribution in [0.3, 0.4) is 0 Å². The summed E-state index contributed by atoms with van der Waals surface area (Å²) in [6.07, 6.45) is 8.04. The molecule has 0 amide bonds. The Morgan fingerprint density at radius 1 is 1.36 bits per heavy atom. The zero-order valence-corrected chi connectivity index (χ0v) is 10.3. The predicted octanol–water partition coefficient (Wildman–Crippen LogP) is 4.44. The highest BCUT2D eigenvalue weighted by Crippen LogP contribution is 2.48. The molecular formula is C14H24. The SMILES string of the molecule is C=C[C@]1(C)C=CC(C(C)C)C(C)(C)C1. The van der Waals surface area contributed by atoms with Crippen LogP contribution in [-0.2, 0) is 0 Å². The van der Waals surface area contributed by atoms with Gasteiger partial charge in [0.15, 0.2) is 0 Å². The fourth-order valence-corrected chi connectivity index (χ4v) is 3.01. The molecule has 1 unspecified atom stereocenters. The molecule has 0 aliphatic heterocycles. The number of rotatable bonds is 2. The first kappa shape index (κ1) is 11.6. The van der Waals surface area contributed by atoms with E-state index in [4.69, 9.17) is 0 Å². The van der Waals surface area contributed by atoms with E-state index >= 15 is 0 Å².